The van der Waals surface area contributed by atoms with Crippen molar-refractivity contribution in [1.82, 2.24) is 0 Å². The molecule has 0 atom stereocenters. The maximum atomic E-state index is 12.1. The molecule has 1 amide bonds. The first kappa shape index (κ1) is 20.2. The van der Waals surface area contributed by atoms with Crippen molar-refractivity contribution >= 4 is 52.4 Å². The van der Waals surface area contributed by atoms with Crippen LogP contribution in [0.4, 0.5) is 5.69 Å². The Labute approximate surface area is 164 Å². The van der Waals surface area contributed by atoms with Crippen LogP contribution in [0.1, 0.15) is 10.4 Å². The first-order valence-electron chi connectivity index (χ1n) is 7.19. The summed E-state index contributed by atoms with van der Waals surface area (Å²) >= 11 is 17.9. The van der Waals surface area contributed by atoms with Gasteiger partial charge in [-0.3, -0.25) is 4.79 Å². The Balaban J connectivity index is 2.09. The lowest BCUT2D eigenvalue weighted by molar-refractivity contribution is -0.118. The van der Waals surface area contributed by atoms with Crippen LogP contribution in [0.15, 0.2) is 30.3 Å². The highest BCUT2D eigenvalue weighted by Gasteiger charge is 2.17. The van der Waals surface area contributed by atoms with E-state index in [0.29, 0.717) is 10.8 Å². The molecule has 6 nitrogen and oxygen atoms in total. The fourth-order valence-electron chi connectivity index (χ4n) is 2.01. The van der Waals surface area contributed by atoms with E-state index in [1.807, 2.05) is 0 Å². The molecular weight excluding hydrogens is 405 g/mol. The van der Waals surface area contributed by atoms with Gasteiger partial charge in [-0.2, -0.15) is 0 Å². The second-order valence-electron chi connectivity index (χ2n) is 4.94. The standard InChI is InChI=1S/C17H14Cl3NO5/c1-24-15-7-13(11(19)6-10(15)17(23)25-2)21-16(22)8-26-14-4-3-9(18)5-12(14)20/h3-7H,8H2,1-2H3,(H,21,22). The van der Waals surface area contributed by atoms with Gasteiger partial charge in [0.1, 0.15) is 17.1 Å². The third-order valence-corrected chi connectivity index (χ3v) is 4.06. The molecule has 0 unspecified atom stereocenters. The molecule has 1 N–H and O–H groups in total. The summed E-state index contributed by atoms with van der Waals surface area (Å²) in [5.74, 6) is -0.567. The van der Waals surface area contributed by atoms with E-state index in [4.69, 9.17) is 44.3 Å². The average molecular weight is 419 g/mol. The number of amides is 1. The Bertz CT molecular complexity index is 841. The molecule has 26 heavy (non-hydrogen) atoms. The SMILES string of the molecule is COC(=O)c1cc(Cl)c(NC(=O)COc2ccc(Cl)cc2Cl)cc1OC. The molecule has 0 fully saturated rings. The van der Waals surface area contributed by atoms with Crippen molar-refractivity contribution in [3.63, 3.8) is 0 Å². The third-order valence-electron chi connectivity index (χ3n) is 3.22. The number of carbonyl (C=O) groups excluding carboxylic acids is 2. The zero-order valence-corrected chi connectivity index (χ0v) is 16.0. The van der Waals surface area contributed by atoms with E-state index in [1.165, 1.54) is 32.4 Å². The topological polar surface area (TPSA) is 73.9 Å². The van der Waals surface area contributed by atoms with Gasteiger partial charge >= 0.3 is 5.97 Å². The molecule has 0 saturated carbocycles. The molecule has 2 aromatic carbocycles. The molecule has 0 spiro atoms. The Morgan fingerprint density at radius 2 is 1.73 bits per heavy atom. The van der Waals surface area contributed by atoms with Crippen molar-refractivity contribution in [2.75, 3.05) is 26.1 Å². The number of benzene rings is 2. The van der Waals surface area contributed by atoms with Crippen LogP contribution < -0.4 is 14.8 Å². The second kappa shape index (κ2) is 8.98. The number of rotatable bonds is 6. The second-order valence-corrected chi connectivity index (χ2v) is 6.19. The first-order valence-corrected chi connectivity index (χ1v) is 8.32. The summed E-state index contributed by atoms with van der Waals surface area (Å²) in [6.07, 6.45) is 0. The highest BCUT2D eigenvalue weighted by molar-refractivity contribution is 6.35. The minimum Gasteiger partial charge on any atom is -0.496 e. The van der Waals surface area contributed by atoms with E-state index >= 15 is 0 Å². The molecule has 0 aliphatic carbocycles. The minimum atomic E-state index is -0.609. The monoisotopic (exact) mass is 417 g/mol. The number of halogens is 3. The van der Waals surface area contributed by atoms with E-state index in [-0.39, 0.29) is 33.7 Å². The van der Waals surface area contributed by atoms with Crippen LogP contribution in [0.5, 0.6) is 11.5 Å². The van der Waals surface area contributed by atoms with E-state index in [9.17, 15) is 9.59 Å². The van der Waals surface area contributed by atoms with E-state index in [2.05, 4.69) is 10.1 Å². The zero-order chi connectivity index (χ0) is 19.3. The lowest BCUT2D eigenvalue weighted by Gasteiger charge is -2.13. The van der Waals surface area contributed by atoms with Crippen molar-refractivity contribution in [1.29, 1.82) is 0 Å². The molecule has 0 saturated heterocycles. The Morgan fingerprint density at radius 1 is 1.00 bits per heavy atom. The number of nitrogens with one attached hydrogen (secondary N) is 1. The fraction of sp³-hybridized carbons (Fsp3) is 0.176. The van der Waals surface area contributed by atoms with Gasteiger partial charge in [0, 0.05) is 11.1 Å². The number of carbonyl (C=O) groups is 2. The summed E-state index contributed by atoms with van der Waals surface area (Å²) in [4.78, 5) is 23.8. The van der Waals surface area contributed by atoms with Crippen LogP contribution in [0.2, 0.25) is 15.1 Å². The van der Waals surface area contributed by atoms with Crippen molar-refractivity contribution in [2.24, 2.45) is 0 Å². The van der Waals surface area contributed by atoms with Crippen molar-refractivity contribution in [3.8, 4) is 11.5 Å². The molecule has 0 aliphatic rings. The summed E-state index contributed by atoms with van der Waals surface area (Å²) in [5.41, 5.74) is 0.397. The molecule has 2 rings (SSSR count). The number of anilines is 1. The minimum absolute atomic E-state index is 0.141. The number of methoxy groups -OCH3 is 2. The lowest BCUT2D eigenvalue weighted by Crippen LogP contribution is -2.20. The van der Waals surface area contributed by atoms with Crippen molar-refractivity contribution < 1.29 is 23.8 Å². The highest BCUT2D eigenvalue weighted by Crippen LogP contribution is 2.32. The summed E-state index contributed by atoms with van der Waals surface area (Å²) in [7, 11) is 2.62. The van der Waals surface area contributed by atoms with Crippen LogP contribution in [0.25, 0.3) is 0 Å². The fourth-order valence-corrected chi connectivity index (χ4v) is 2.68. The van der Waals surface area contributed by atoms with Crippen LogP contribution >= 0.6 is 34.8 Å². The zero-order valence-electron chi connectivity index (χ0n) is 13.8. The molecule has 0 aromatic heterocycles. The molecule has 0 heterocycles. The van der Waals surface area contributed by atoms with Gasteiger partial charge in [0.25, 0.3) is 5.91 Å². The number of hydrogen-bond acceptors (Lipinski definition) is 5. The lowest BCUT2D eigenvalue weighted by atomic mass is 10.1. The largest absolute Gasteiger partial charge is 0.496 e. The van der Waals surface area contributed by atoms with Gasteiger partial charge in [0.05, 0.1) is 30.0 Å². The molecule has 0 bridgehead atoms. The van der Waals surface area contributed by atoms with Gasteiger partial charge in [0.2, 0.25) is 0 Å². The van der Waals surface area contributed by atoms with Gasteiger partial charge in [-0.25, -0.2) is 4.79 Å². The molecular formula is C17H14Cl3NO5. The van der Waals surface area contributed by atoms with Gasteiger partial charge in [-0.1, -0.05) is 34.8 Å². The maximum absolute atomic E-state index is 12.1. The predicted molar refractivity (Wildman–Crippen MR) is 99.9 cm³/mol. The molecule has 138 valence electrons. The van der Waals surface area contributed by atoms with E-state index in [1.54, 1.807) is 12.1 Å². The summed E-state index contributed by atoms with van der Waals surface area (Å²) in [6, 6.07) is 7.41. The molecule has 2 aromatic rings. The smallest absolute Gasteiger partial charge is 0.341 e. The van der Waals surface area contributed by atoms with Crippen molar-refractivity contribution in [3.05, 3.63) is 51.0 Å². The molecule has 0 aliphatic heterocycles. The van der Waals surface area contributed by atoms with Crippen LogP contribution in [-0.4, -0.2) is 32.7 Å². The Hall–Kier alpha value is -2.15. The molecule has 0 radical (unpaired) electrons. The van der Waals surface area contributed by atoms with Crippen molar-refractivity contribution in [2.45, 2.75) is 0 Å². The van der Waals surface area contributed by atoms with Gasteiger partial charge in [0.15, 0.2) is 6.61 Å². The average Bonchev–Trinajstić information content (AvgIpc) is 2.61. The van der Waals surface area contributed by atoms with E-state index in [0.717, 1.165) is 0 Å². The summed E-state index contributed by atoms with van der Waals surface area (Å²) in [5, 5.41) is 3.46. The number of esters is 1. The molecule has 9 heteroatoms. The predicted octanol–water partition coefficient (Wildman–Crippen LogP) is 4.46. The normalized spacial score (nSPS) is 10.2. The Morgan fingerprint density at radius 3 is 2.35 bits per heavy atom. The van der Waals surface area contributed by atoms with Gasteiger partial charge in [-0.05, 0) is 24.3 Å². The third kappa shape index (κ3) is 4.94. The van der Waals surface area contributed by atoms with Crippen LogP contribution in [0, 0.1) is 0 Å². The maximum Gasteiger partial charge on any atom is 0.341 e. The number of ether oxygens (including phenoxy) is 3. The summed E-state index contributed by atoms with van der Waals surface area (Å²) in [6.45, 7) is -0.307. The van der Waals surface area contributed by atoms with Crippen LogP contribution in [-0.2, 0) is 9.53 Å². The first-order chi connectivity index (χ1) is 12.3. The quantitative estimate of drug-likeness (QED) is 0.701. The van der Waals surface area contributed by atoms with Crippen LogP contribution in [0.3, 0.4) is 0 Å². The number of hydrogen-bond donors (Lipinski definition) is 1. The van der Waals surface area contributed by atoms with Gasteiger partial charge in [-0.15, -0.1) is 0 Å². The summed E-state index contributed by atoms with van der Waals surface area (Å²) < 4.78 is 15.1. The van der Waals surface area contributed by atoms with Gasteiger partial charge < -0.3 is 19.5 Å². The Kier molecular flexibility index (Phi) is 6.97. The van der Waals surface area contributed by atoms with E-state index < -0.39 is 11.9 Å². The highest BCUT2D eigenvalue weighted by atomic mass is 35.5.